The van der Waals surface area contributed by atoms with Crippen LogP contribution in [0.1, 0.15) is 23.4 Å². The summed E-state index contributed by atoms with van der Waals surface area (Å²) in [5.41, 5.74) is 2.09. The second-order valence-electron chi connectivity index (χ2n) is 7.23. The number of halogens is 1. The van der Waals surface area contributed by atoms with Crippen LogP contribution in [0.2, 0.25) is 0 Å². The minimum absolute atomic E-state index is 0.139. The van der Waals surface area contributed by atoms with Gasteiger partial charge in [-0.05, 0) is 30.2 Å². The number of aryl methyl sites for hydroxylation is 1. The summed E-state index contributed by atoms with van der Waals surface area (Å²) < 4.78 is 16.1. The number of hydrogen-bond donors (Lipinski definition) is 2. The van der Waals surface area contributed by atoms with Crippen molar-refractivity contribution in [1.82, 2.24) is 25.1 Å². The smallest absolute Gasteiger partial charge is 0.317 e. The number of nitrogens with zero attached hydrogens (tertiary/aromatic N) is 3. The van der Waals surface area contributed by atoms with Gasteiger partial charge >= 0.3 is 6.03 Å². The molecular weight excluding hydrogens is 397 g/mol. The number of amides is 3. The third-order valence-electron chi connectivity index (χ3n) is 4.82. The van der Waals surface area contributed by atoms with E-state index >= 15 is 0 Å². The molecule has 0 unspecified atom stereocenters. The second-order valence-corrected chi connectivity index (χ2v) is 7.23. The van der Waals surface area contributed by atoms with Gasteiger partial charge in [0.15, 0.2) is 0 Å². The average Bonchev–Trinajstić information content (AvgIpc) is 3.18. The number of rotatable bonds is 8. The molecule has 8 heteroatoms. The minimum Gasteiger partial charge on any atom is -0.352 e. The normalized spacial score (nSPS) is 10.5. The molecule has 0 fully saturated rings. The molecule has 3 rings (SSSR count). The van der Waals surface area contributed by atoms with Crippen molar-refractivity contribution in [2.24, 2.45) is 0 Å². The van der Waals surface area contributed by atoms with Crippen LogP contribution in [-0.2, 0) is 17.9 Å². The quantitative estimate of drug-likeness (QED) is 0.584. The van der Waals surface area contributed by atoms with E-state index in [0.29, 0.717) is 23.6 Å². The summed E-state index contributed by atoms with van der Waals surface area (Å²) in [5.74, 6) is 0.0823. The molecule has 0 atom stereocenters. The summed E-state index contributed by atoms with van der Waals surface area (Å²) >= 11 is 0. The van der Waals surface area contributed by atoms with Crippen LogP contribution < -0.4 is 10.6 Å². The lowest BCUT2D eigenvalue weighted by Crippen LogP contribution is -2.38. The summed E-state index contributed by atoms with van der Waals surface area (Å²) in [6, 6.07) is 14.2. The third-order valence-corrected chi connectivity index (χ3v) is 4.82. The standard InChI is InChI=1S/C23H26FN5O2/c1-17-25-12-13-29(17)21-9-8-19(14-20(21)24)15-27-22(30)10-11-26-23(31)28(2)16-18-6-4-3-5-7-18/h3-9,12-14H,10-11,15-16H2,1-2H3,(H,26,31)(H,27,30). The van der Waals surface area contributed by atoms with Crippen LogP contribution in [0, 0.1) is 12.7 Å². The highest BCUT2D eigenvalue weighted by atomic mass is 19.1. The van der Waals surface area contributed by atoms with Crippen molar-refractivity contribution < 1.29 is 14.0 Å². The molecule has 0 saturated carbocycles. The van der Waals surface area contributed by atoms with Crippen molar-refractivity contribution in [3.8, 4) is 5.69 Å². The maximum Gasteiger partial charge on any atom is 0.317 e. The summed E-state index contributed by atoms with van der Waals surface area (Å²) in [5, 5.41) is 5.47. The molecule has 0 saturated heterocycles. The molecule has 0 aliphatic heterocycles. The molecule has 3 amide bonds. The first-order valence-electron chi connectivity index (χ1n) is 10.0. The van der Waals surface area contributed by atoms with Gasteiger partial charge in [-0.3, -0.25) is 4.79 Å². The molecular formula is C23H26FN5O2. The monoisotopic (exact) mass is 423 g/mol. The van der Waals surface area contributed by atoms with Gasteiger partial charge in [-0.2, -0.15) is 0 Å². The van der Waals surface area contributed by atoms with E-state index in [4.69, 9.17) is 0 Å². The van der Waals surface area contributed by atoms with Gasteiger partial charge in [0, 0.05) is 45.5 Å². The summed E-state index contributed by atoms with van der Waals surface area (Å²) in [6.07, 6.45) is 3.45. The van der Waals surface area contributed by atoms with Crippen LogP contribution in [0.25, 0.3) is 5.69 Å². The highest BCUT2D eigenvalue weighted by Gasteiger charge is 2.11. The fourth-order valence-corrected chi connectivity index (χ4v) is 3.12. The zero-order valence-corrected chi connectivity index (χ0v) is 17.6. The molecule has 0 spiro atoms. The maximum absolute atomic E-state index is 14.4. The number of hydrogen-bond acceptors (Lipinski definition) is 3. The van der Waals surface area contributed by atoms with E-state index in [1.54, 1.807) is 48.0 Å². The van der Waals surface area contributed by atoms with Crippen molar-refractivity contribution >= 4 is 11.9 Å². The van der Waals surface area contributed by atoms with Gasteiger partial charge < -0.3 is 20.1 Å². The van der Waals surface area contributed by atoms with E-state index in [9.17, 15) is 14.0 Å². The lowest BCUT2D eigenvalue weighted by molar-refractivity contribution is -0.121. The summed E-state index contributed by atoms with van der Waals surface area (Å²) in [7, 11) is 1.70. The zero-order chi connectivity index (χ0) is 22.2. The molecule has 2 aromatic carbocycles. The van der Waals surface area contributed by atoms with Crippen LogP contribution in [0.4, 0.5) is 9.18 Å². The van der Waals surface area contributed by atoms with Crippen LogP contribution in [0.5, 0.6) is 0 Å². The first-order chi connectivity index (χ1) is 14.9. The maximum atomic E-state index is 14.4. The Hall–Kier alpha value is -3.68. The number of nitrogens with one attached hydrogen (secondary N) is 2. The van der Waals surface area contributed by atoms with Crippen LogP contribution in [0.3, 0.4) is 0 Å². The van der Waals surface area contributed by atoms with Gasteiger partial charge in [0.25, 0.3) is 0 Å². The minimum atomic E-state index is -0.387. The van der Waals surface area contributed by atoms with Crippen molar-refractivity contribution in [3.63, 3.8) is 0 Å². The number of aromatic nitrogens is 2. The van der Waals surface area contributed by atoms with E-state index in [1.165, 1.54) is 6.07 Å². The molecule has 0 radical (unpaired) electrons. The van der Waals surface area contributed by atoms with Gasteiger partial charge in [0.1, 0.15) is 11.6 Å². The Kier molecular flexibility index (Phi) is 7.37. The molecule has 31 heavy (non-hydrogen) atoms. The van der Waals surface area contributed by atoms with Crippen molar-refractivity contribution in [1.29, 1.82) is 0 Å². The zero-order valence-electron chi connectivity index (χ0n) is 17.6. The number of urea groups is 1. The van der Waals surface area contributed by atoms with Gasteiger partial charge in [0.05, 0.1) is 5.69 Å². The Morgan fingerprint density at radius 2 is 1.87 bits per heavy atom. The Morgan fingerprint density at radius 3 is 2.55 bits per heavy atom. The van der Waals surface area contributed by atoms with Crippen molar-refractivity contribution in [2.75, 3.05) is 13.6 Å². The molecule has 1 aromatic heterocycles. The predicted octanol–water partition coefficient (Wildman–Crippen LogP) is 3.17. The first-order valence-corrected chi connectivity index (χ1v) is 10.0. The molecule has 0 aliphatic rings. The van der Waals surface area contributed by atoms with Crippen LogP contribution >= 0.6 is 0 Å². The Labute approximate surface area is 180 Å². The molecule has 7 nitrogen and oxygen atoms in total. The molecule has 0 bridgehead atoms. The van der Waals surface area contributed by atoms with Crippen LogP contribution in [-0.4, -0.2) is 40.0 Å². The summed E-state index contributed by atoms with van der Waals surface area (Å²) in [4.78, 5) is 29.8. The highest BCUT2D eigenvalue weighted by Crippen LogP contribution is 2.16. The molecule has 162 valence electrons. The van der Waals surface area contributed by atoms with Gasteiger partial charge in [0.2, 0.25) is 5.91 Å². The van der Waals surface area contributed by atoms with Gasteiger partial charge in [-0.25, -0.2) is 14.2 Å². The van der Waals surface area contributed by atoms with E-state index in [-0.39, 0.29) is 37.3 Å². The fraction of sp³-hybridized carbons (Fsp3) is 0.261. The third kappa shape index (κ3) is 6.15. The first kappa shape index (κ1) is 22.0. The lowest BCUT2D eigenvalue weighted by Gasteiger charge is -2.18. The number of carbonyl (C=O) groups excluding carboxylic acids is 2. The van der Waals surface area contributed by atoms with Crippen molar-refractivity contribution in [3.05, 3.63) is 83.7 Å². The lowest BCUT2D eigenvalue weighted by atomic mass is 10.2. The highest BCUT2D eigenvalue weighted by molar-refractivity contribution is 5.78. The number of benzene rings is 2. The van der Waals surface area contributed by atoms with Crippen molar-refractivity contribution in [2.45, 2.75) is 26.4 Å². The second kappa shape index (κ2) is 10.4. The fourth-order valence-electron chi connectivity index (χ4n) is 3.12. The van der Waals surface area contributed by atoms with Crippen LogP contribution in [0.15, 0.2) is 60.9 Å². The predicted molar refractivity (Wildman–Crippen MR) is 116 cm³/mol. The Morgan fingerprint density at radius 1 is 1.10 bits per heavy atom. The van der Waals surface area contributed by atoms with E-state index in [2.05, 4.69) is 15.6 Å². The van der Waals surface area contributed by atoms with E-state index in [1.807, 2.05) is 30.3 Å². The molecule has 1 heterocycles. The van der Waals surface area contributed by atoms with Gasteiger partial charge in [-0.1, -0.05) is 36.4 Å². The number of imidazole rings is 1. The topological polar surface area (TPSA) is 79.3 Å². The summed E-state index contributed by atoms with van der Waals surface area (Å²) in [6.45, 7) is 2.71. The average molecular weight is 423 g/mol. The SMILES string of the molecule is Cc1nccn1-c1ccc(CNC(=O)CCNC(=O)N(C)Cc2ccccc2)cc1F. The Balaban J connectivity index is 1.40. The Bertz CT molecular complexity index is 1040. The number of carbonyl (C=O) groups is 2. The largest absolute Gasteiger partial charge is 0.352 e. The van der Waals surface area contributed by atoms with E-state index in [0.717, 1.165) is 5.56 Å². The molecule has 3 aromatic rings. The molecule has 0 aliphatic carbocycles. The van der Waals surface area contributed by atoms with Gasteiger partial charge in [-0.15, -0.1) is 0 Å². The van der Waals surface area contributed by atoms with E-state index < -0.39 is 0 Å². The molecule has 2 N–H and O–H groups in total.